The summed E-state index contributed by atoms with van der Waals surface area (Å²) in [4.78, 5) is 0. The second-order valence-corrected chi connectivity index (χ2v) is 3.15. The molecule has 0 saturated heterocycles. The van der Waals surface area contributed by atoms with Gasteiger partial charge in [-0.05, 0) is 18.4 Å². The second kappa shape index (κ2) is 2.34. The summed E-state index contributed by atoms with van der Waals surface area (Å²) in [6, 6.07) is 0.324. The summed E-state index contributed by atoms with van der Waals surface area (Å²) >= 11 is 0. The summed E-state index contributed by atoms with van der Waals surface area (Å²) in [5.41, 5.74) is 9.64. The molecule has 1 aliphatic rings. The van der Waals surface area contributed by atoms with Crippen LogP contribution in [0.25, 0.3) is 0 Å². The summed E-state index contributed by atoms with van der Waals surface area (Å²) in [6.07, 6.45) is 3.00. The maximum absolute atomic E-state index is 5.81. The minimum atomic E-state index is 0.324. The van der Waals surface area contributed by atoms with Gasteiger partial charge < -0.3 is 5.73 Å². The van der Waals surface area contributed by atoms with Gasteiger partial charge in [0.2, 0.25) is 0 Å². The number of nitrogens with one attached hydrogen (secondary N) is 1. The molecule has 1 aromatic rings. The molecule has 3 heteroatoms. The number of hydrogen-bond donors (Lipinski definition) is 2. The van der Waals surface area contributed by atoms with E-state index in [1.807, 2.05) is 0 Å². The van der Waals surface area contributed by atoms with Crippen molar-refractivity contribution in [3.63, 3.8) is 0 Å². The molecule has 1 unspecified atom stereocenters. The molecule has 0 bridgehead atoms. The smallest absolute Gasteiger partial charge is 0.0654 e. The highest BCUT2D eigenvalue weighted by Crippen LogP contribution is 2.22. The van der Waals surface area contributed by atoms with Gasteiger partial charge in [-0.15, -0.1) is 0 Å². The maximum Gasteiger partial charge on any atom is 0.0654 e. The highest BCUT2D eigenvalue weighted by Gasteiger charge is 2.22. The van der Waals surface area contributed by atoms with Crippen molar-refractivity contribution in [3.05, 3.63) is 17.0 Å². The number of aryl methyl sites for hydroxylation is 1. The van der Waals surface area contributed by atoms with E-state index < -0.39 is 0 Å². The van der Waals surface area contributed by atoms with Crippen LogP contribution in [-0.2, 0) is 19.3 Å². The quantitative estimate of drug-likeness (QED) is 0.610. The molecular formula is C8H13N3. The van der Waals surface area contributed by atoms with E-state index in [0.29, 0.717) is 6.04 Å². The predicted octanol–water partition coefficient (Wildman–Crippen LogP) is 0.398. The van der Waals surface area contributed by atoms with Gasteiger partial charge in [-0.1, -0.05) is 6.92 Å². The van der Waals surface area contributed by atoms with E-state index in [0.717, 1.165) is 19.3 Å². The van der Waals surface area contributed by atoms with Crippen molar-refractivity contribution in [1.82, 2.24) is 10.2 Å². The van der Waals surface area contributed by atoms with Crippen molar-refractivity contribution >= 4 is 0 Å². The predicted molar refractivity (Wildman–Crippen MR) is 43.3 cm³/mol. The number of aromatic nitrogens is 2. The first kappa shape index (κ1) is 6.85. The van der Waals surface area contributed by atoms with Gasteiger partial charge in [-0.3, -0.25) is 5.10 Å². The third-order valence-corrected chi connectivity index (χ3v) is 2.31. The second-order valence-electron chi connectivity index (χ2n) is 3.15. The summed E-state index contributed by atoms with van der Waals surface area (Å²) in [7, 11) is 0. The van der Waals surface area contributed by atoms with Crippen molar-refractivity contribution in [3.8, 4) is 0 Å². The lowest BCUT2D eigenvalue weighted by atomic mass is 10.1. The highest BCUT2D eigenvalue weighted by atomic mass is 15.1. The molecule has 0 saturated carbocycles. The molecule has 60 valence electrons. The molecule has 1 aromatic heterocycles. The molecule has 0 spiro atoms. The largest absolute Gasteiger partial charge is 0.327 e. The molecule has 0 aromatic carbocycles. The molecule has 0 radical (unpaired) electrons. The lowest BCUT2D eigenvalue weighted by Gasteiger charge is -1.98. The van der Waals surface area contributed by atoms with Crippen LogP contribution in [0.1, 0.15) is 23.9 Å². The fraction of sp³-hybridized carbons (Fsp3) is 0.625. The first-order valence-corrected chi connectivity index (χ1v) is 4.11. The van der Waals surface area contributed by atoms with Crippen molar-refractivity contribution in [2.75, 3.05) is 0 Å². The molecule has 3 nitrogen and oxygen atoms in total. The van der Waals surface area contributed by atoms with Crippen LogP contribution in [0.2, 0.25) is 0 Å². The zero-order valence-electron chi connectivity index (χ0n) is 6.72. The first-order chi connectivity index (χ1) is 5.31. The Morgan fingerprint density at radius 3 is 3.18 bits per heavy atom. The topological polar surface area (TPSA) is 54.7 Å². The van der Waals surface area contributed by atoms with Gasteiger partial charge in [0.1, 0.15) is 0 Å². The van der Waals surface area contributed by atoms with Crippen molar-refractivity contribution in [2.24, 2.45) is 5.73 Å². The van der Waals surface area contributed by atoms with E-state index >= 15 is 0 Å². The molecule has 3 N–H and O–H groups in total. The Hall–Kier alpha value is -0.830. The van der Waals surface area contributed by atoms with E-state index in [-0.39, 0.29) is 0 Å². The molecule has 11 heavy (non-hydrogen) atoms. The van der Waals surface area contributed by atoms with Gasteiger partial charge in [0.15, 0.2) is 0 Å². The summed E-state index contributed by atoms with van der Waals surface area (Å²) in [5.74, 6) is 0. The van der Waals surface area contributed by atoms with Gasteiger partial charge >= 0.3 is 0 Å². The fourth-order valence-corrected chi connectivity index (χ4v) is 1.74. The van der Waals surface area contributed by atoms with Gasteiger partial charge in [-0.2, -0.15) is 5.10 Å². The van der Waals surface area contributed by atoms with Crippen LogP contribution in [0.3, 0.4) is 0 Å². The molecule has 2 rings (SSSR count). The van der Waals surface area contributed by atoms with Crippen LogP contribution in [0.15, 0.2) is 0 Å². The Bertz CT molecular complexity index is 264. The van der Waals surface area contributed by atoms with E-state index in [9.17, 15) is 0 Å². The van der Waals surface area contributed by atoms with E-state index in [1.54, 1.807) is 0 Å². The summed E-state index contributed by atoms with van der Waals surface area (Å²) in [6.45, 7) is 2.13. The van der Waals surface area contributed by atoms with Gasteiger partial charge in [0, 0.05) is 18.2 Å². The number of H-pyrrole nitrogens is 1. The lowest BCUT2D eigenvalue weighted by Crippen LogP contribution is -2.20. The molecule has 1 atom stereocenters. The van der Waals surface area contributed by atoms with Gasteiger partial charge in [-0.25, -0.2) is 0 Å². The first-order valence-electron chi connectivity index (χ1n) is 4.11. The third-order valence-electron chi connectivity index (χ3n) is 2.31. The Labute approximate surface area is 66.0 Å². The van der Waals surface area contributed by atoms with Crippen LogP contribution in [0.5, 0.6) is 0 Å². The van der Waals surface area contributed by atoms with E-state index in [2.05, 4.69) is 17.1 Å². The highest BCUT2D eigenvalue weighted by molar-refractivity contribution is 5.31. The van der Waals surface area contributed by atoms with Crippen molar-refractivity contribution < 1.29 is 0 Å². The Morgan fingerprint density at radius 2 is 2.45 bits per heavy atom. The number of hydrogen-bond acceptors (Lipinski definition) is 2. The minimum Gasteiger partial charge on any atom is -0.327 e. The van der Waals surface area contributed by atoms with Crippen LogP contribution in [0.4, 0.5) is 0 Å². The minimum absolute atomic E-state index is 0.324. The number of rotatable bonds is 1. The molecule has 0 fully saturated rings. The zero-order valence-corrected chi connectivity index (χ0v) is 6.72. The van der Waals surface area contributed by atoms with Crippen LogP contribution < -0.4 is 5.73 Å². The number of nitrogens with zero attached hydrogens (tertiary/aromatic N) is 1. The molecule has 1 aliphatic carbocycles. The standard InChI is InChI=1S/C8H13N3/c1-2-7-6-3-5(9)4-8(6)11-10-7/h5H,2-4,9H2,1H3,(H,10,11). The molecular weight excluding hydrogens is 138 g/mol. The lowest BCUT2D eigenvalue weighted by molar-refractivity contribution is 0.699. The van der Waals surface area contributed by atoms with Crippen LogP contribution >= 0.6 is 0 Å². The number of aromatic amines is 1. The Morgan fingerprint density at radius 1 is 1.64 bits per heavy atom. The summed E-state index contributed by atoms with van der Waals surface area (Å²) < 4.78 is 0. The van der Waals surface area contributed by atoms with E-state index in [1.165, 1.54) is 17.0 Å². The Balaban J connectivity index is 2.37. The fourth-order valence-electron chi connectivity index (χ4n) is 1.74. The van der Waals surface area contributed by atoms with Crippen molar-refractivity contribution in [1.29, 1.82) is 0 Å². The van der Waals surface area contributed by atoms with Crippen LogP contribution in [0, 0.1) is 0 Å². The molecule has 1 heterocycles. The number of nitrogens with two attached hydrogens (primary N) is 1. The van der Waals surface area contributed by atoms with Gasteiger partial charge in [0.25, 0.3) is 0 Å². The molecule has 0 aliphatic heterocycles. The molecule has 0 amide bonds. The average Bonchev–Trinajstić information content (AvgIpc) is 2.45. The Kier molecular flexibility index (Phi) is 1.46. The SMILES string of the molecule is CCc1n[nH]c2c1CC(N)C2. The zero-order chi connectivity index (χ0) is 7.84. The van der Waals surface area contributed by atoms with Gasteiger partial charge in [0.05, 0.1) is 5.69 Å². The monoisotopic (exact) mass is 151 g/mol. The maximum atomic E-state index is 5.81. The third kappa shape index (κ3) is 0.959. The normalized spacial score (nSPS) is 22.2. The number of fused-ring (bicyclic) bond motifs is 1. The van der Waals surface area contributed by atoms with Crippen LogP contribution in [-0.4, -0.2) is 16.2 Å². The van der Waals surface area contributed by atoms with Crippen molar-refractivity contribution in [2.45, 2.75) is 32.2 Å². The van der Waals surface area contributed by atoms with E-state index in [4.69, 9.17) is 5.73 Å². The average molecular weight is 151 g/mol. The summed E-state index contributed by atoms with van der Waals surface area (Å²) in [5, 5.41) is 7.25.